The molecule has 2 aromatic carbocycles. The number of nitrogens with zero attached hydrogens (tertiary/aromatic N) is 1. The molecule has 2 heterocycles. The number of carbonyl (C=O) groups is 1. The lowest BCUT2D eigenvalue weighted by Crippen LogP contribution is -2.46. The maximum Gasteiger partial charge on any atom is 0.317 e. The van der Waals surface area contributed by atoms with Crippen LogP contribution in [0.2, 0.25) is 0 Å². The van der Waals surface area contributed by atoms with Crippen LogP contribution in [-0.4, -0.2) is 47.8 Å². The molecular formula is C23H29N3O2S. The monoisotopic (exact) mass is 411 g/mol. The lowest BCUT2D eigenvalue weighted by atomic mass is 10.1. The van der Waals surface area contributed by atoms with Crippen LogP contribution in [0.5, 0.6) is 5.75 Å². The Bertz CT molecular complexity index is 770. The molecule has 0 radical (unpaired) electrons. The van der Waals surface area contributed by atoms with Gasteiger partial charge < -0.3 is 20.3 Å². The van der Waals surface area contributed by atoms with E-state index in [1.54, 1.807) is 0 Å². The van der Waals surface area contributed by atoms with Crippen LogP contribution in [0, 0.1) is 0 Å². The van der Waals surface area contributed by atoms with Gasteiger partial charge in [0.2, 0.25) is 0 Å². The Balaban J connectivity index is 1.19. The van der Waals surface area contributed by atoms with E-state index in [-0.39, 0.29) is 12.1 Å². The molecule has 2 aromatic rings. The summed E-state index contributed by atoms with van der Waals surface area (Å²) in [6, 6.07) is 18.5. The molecule has 2 N–H and O–H groups in total. The molecule has 4 rings (SSSR count). The molecule has 0 aliphatic carbocycles. The Morgan fingerprint density at radius 3 is 2.52 bits per heavy atom. The number of amides is 2. The van der Waals surface area contributed by atoms with Crippen molar-refractivity contribution in [1.29, 1.82) is 0 Å². The molecular weight excluding hydrogens is 382 g/mol. The third kappa shape index (κ3) is 5.90. The highest BCUT2D eigenvalue weighted by Crippen LogP contribution is 2.23. The fourth-order valence-electron chi connectivity index (χ4n) is 3.81. The second kappa shape index (κ2) is 10.0. The average Bonchev–Trinajstić information content (AvgIpc) is 3.28. The summed E-state index contributed by atoms with van der Waals surface area (Å²) in [5.74, 6) is 1.99. The molecule has 154 valence electrons. The van der Waals surface area contributed by atoms with Crippen LogP contribution < -0.4 is 15.4 Å². The first kappa shape index (κ1) is 20.1. The quantitative estimate of drug-likeness (QED) is 0.762. The van der Waals surface area contributed by atoms with Crippen molar-refractivity contribution in [2.75, 3.05) is 25.5 Å². The SMILES string of the molecule is O=C(NCc1ccccc1)N1CCC(Oc2ccc(CC3CNCS3)cc2)CC1. The van der Waals surface area contributed by atoms with E-state index in [1.165, 1.54) is 5.56 Å². The van der Waals surface area contributed by atoms with E-state index in [9.17, 15) is 4.79 Å². The summed E-state index contributed by atoms with van der Waals surface area (Å²) in [7, 11) is 0. The number of thioether (sulfide) groups is 1. The van der Waals surface area contributed by atoms with Gasteiger partial charge in [0.15, 0.2) is 0 Å². The summed E-state index contributed by atoms with van der Waals surface area (Å²) < 4.78 is 6.16. The predicted octanol–water partition coefficient (Wildman–Crippen LogP) is 3.64. The lowest BCUT2D eigenvalue weighted by molar-refractivity contribution is 0.111. The molecule has 0 spiro atoms. The maximum absolute atomic E-state index is 12.4. The number of ether oxygens (including phenoxy) is 1. The van der Waals surface area contributed by atoms with E-state index in [1.807, 2.05) is 47.0 Å². The zero-order valence-corrected chi connectivity index (χ0v) is 17.5. The number of likely N-dealkylation sites (tertiary alicyclic amines) is 1. The van der Waals surface area contributed by atoms with Crippen molar-refractivity contribution in [2.45, 2.75) is 37.2 Å². The molecule has 5 nitrogen and oxygen atoms in total. The van der Waals surface area contributed by atoms with Gasteiger partial charge in [-0.25, -0.2) is 4.79 Å². The first-order valence-corrected chi connectivity index (χ1v) is 11.5. The van der Waals surface area contributed by atoms with Gasteiger partial charge in [0, 0.05) is 50.1 Å². The van der Waals surface area contributed by atoms with E-state index < -0.39 is 0 Å². The molecule has 2 amide bonds. The van der Waals surface area contributed by atoms with E-state index in [4.69, 9.17) is 4.74 Å². The maximum atomic E-state index is 12.4. The van der Waals surface area contributed by atoms with E-state index in [0.717, 1.165) is 56.1 Å². The number of piperidine rings is 1. The van der Waals surface area contributed by atoms with Gasteiger partial charge in [-0.2, -0.15) is 0 Å². The van der Waals surface area contributed by atoms with Gasteiger partial charge in [-0.3, -0.25) is 0 Å². The summed E-state index contributed by atoms with van der Waals surface area (Å²) >= 11 is 1.99. The summed E-state index contributed by atoms with van der Waals surface area (Å²) in [5, 5.41) is 7.08. The second-order valence-corrected chi connectivity index (χ2v) is 8.97. The predicted molar refractivity (Wildman–Crippen MR) is 118 cm³/mol. The zero-order chi connectivity index (χ0) is 19.9. The Morgan fingerprint density at radius 1 is 1.07 bits per heavy atom. The lowest BCUT2D eigenvalue weighted by Gasteiger charge is -2.32. The van der Waals surface area contributed by atoms with Crippen molar-refractivity contribution < 1.29 is 9.53 Å². The molecule has 2 fully saturated rings. The molecule has 1 unspecified atom stereocenters. The number of carbonyl (C=O) groups excluding carboxylic acids is 1. The molecule has 29 heavy (non-hydrogen) atoms. The largest absolute Gasteiger partial charge is 0.490 e. The topological polar surface area (TPSA) is 53.6 Å². The molecule has 0 saturated carbocycles. The average molecular weight is 412 g/mol. The normalized spacial score (nSPS) is 19.9. The highest BCUT2D eigenvalue weighted by atomic mass is 32.2. The van der Waals surface area contributed by atoms with E-state index in [0.29, 0.717) is 11.8 Å². The summed E-state index contributed by atoms with van der Waals surface area (Å²) in [5.41, 5.74) is 2.48. The minimum atomic E-state index is 0.0101. The van der Waals surface area contributed by atoms with Crippen molar-refractivity contribution >= 4 is 17.8 Å². The zero-order valence-electron chi connectivity index (χ0n) is 16.7. The van der Waals surface area contributed by atoms with Crippen molar-refractivity contribution in [1.82, 2.24) is 15.5 Å². The molecule has 1 atom stereocenters. The number of hydrogen-bond acceptors (Lipinski definition) is 4. The number of nitrogens with one attached hydrogen (secondary N) is 2. The number of urea groups is 1. The van der Waals surface area contributed by atoms with Crippen LogP contribution in [0.3, 0.4) is 0 Å². The Labute approximate surface area is 177 Å². The molecule has 0 bridgehead atoms. The summed E-state index contributed by atoms with van der Waals surface area (Å²) in [4.78, 5) is 14.3. The van der Waals surface area contributed by atoms with Crippen LogP contribution >= 0.6 is 11.8 Å². The van der Waals surface area contributed by atoms with E-state index in [2.05, 4.69) is 34.9 Å². The number of hydrogen-bond donors (Lipinski definition) is 2. The first-order chi connectivity index (χ1) is 14.3. The third-order valence-corrected chi connectivity index (χ3v) is 6.67. The van der Waals surface area contributed by atoms with Crippen LogP contribution in [0.1, 0.15) is 24.0 Å². The highest BCUT2D eigenvalue weighted by Gasteiger charge is 2.24. The van der Waals surface area contributed by atoms with Gasteiger partial charge in [0.05, 0.1) is 0 Å². The minimum Gasteiger partial charge on any atom is -0.490 e. The van der Waals surface area contributed by atoms with Crippen molar-refractivity contribution in [2.24, 2.45) is 0 Å². The molecule has 2 saturated heterocycles. The van der Waals surface area contributed by atoms with E-state index >= 15 is 0 Å². The van der Waals surface area contributed by atoms with Crippen molar-refractivity contribution in [3.05, 3.63) is 65.7 Å². The van der Waals surface area contributed by atoms with Crippen LogP contribution in [0.25, 0.3) is 0 Å². The smallest absolute Gasteiger partial charge is 0.317 e. The van der Waals surface area contributed by atoms with Gasteiger partial charge in [0.25, 0.3) is 0 Å². The molecule has 2 aliphatic rings. The Morgan fingerprint density at radius 2 is 1.83 bits per heavy atom. The van der Waals surface area contributed by atoms with Gasteiger partial charge in [-0.1, -0.05) is 42.5 Å². The van der Waals surface area contributed by atoms with Gasteiger partial charge in [0.1, 0.15) is 11.9 Å². The fourth-order valence-corrected chi connectivity index (χ4v) is 4.83. The second-order valence-electron chi connectivity index (χ2n) is 7.68. The highest BCUT2D eigenvalue weighted by molar-refractivity contribution is 8.00. The molecule has 2 aliphatic heterocycles. The van der Waals surface area contributed by atoms with Gasteiger partial charge in [-0.15, -0.1) is 11.8 Å². The minimum absolute atomic E-state index is 0.0101. The number of benzene rings is 2. The fraction of sp³-hybridized carbons (Fsp3) is 0.435. The molecule has 6 heteroatoms. The number of rotatable bonds is 6. The van der Waals surface area contributed by atoms with Crippen LogP contribution in [0.4, 0.5) is 4.79 Å². The van der Waals surface area contributed by atoms with Crippen molar-refractivity contribution in [3.8, 4) is 5.75 Å². The third-order valence-electron chi connectivity index (χ3n) is 5.50. The van der Waals surface area contributed by atoms with Gasteiger partial charge in [-0.05, 0) is 29.7 Å². The standard InChI is InChI=1S/C23H29N3O2S/c27-23(25-15-19-4-2-1-3-5-19)26-12-10-21(11-13-26)28-20-8-6-18(7-9-20)14-22-16-24-17-29-22/h1-9,21-22,24H,10-17H2,(H,25,27). The van der Waals surface area contributed by atoms with Gasteiger partial charge >= 0.3 is 6.03 Å². The molecule has 0 aromatic heterocycles. The Hall–Kier alpha value is -2.18. The van der Waals surface area contributed by atoms with Crippen molar-refractivity contribution in [3.63, 3.8) is 0 Å². The summed E-state index contributed by atoms with van der Waals surface area (Å²) in [6.07, 6.45) is 3.01. The Kier molecular flexibility index (Phi) is 6.96. The van der Waals surface area contributed by atoms with Crippen LogP contribution in [-0.2, 0) is 13.0 Å². The first-order valence-electron chi connectivity index (χ1n) is 10.4. The van der Waals surface area contributed by atoms with Crippen LogP contribution in [0.15, 0.2) is 54.6 Å². The summed E-state index contributed by atoms with van der Waals surface area (Å²) in [6.45, 7) is 3.13.